The lowest BCUT2D eigenvalue weighted by Crippen LogP contribution is -2.38. The molecule has 0 radical (unpaired) electrons. The minimum atomic E-state index is -0.854. The van der Waals surface area contributed by atoms with Gasteiger partial charge in [0.25, 0.3) is 0 Å². The second-order valence-corrected chi connectivity index (χ2v) is 8.37. The molecule has 0 amide bonds. The van der Waals surface area contributed by atoms with E-state index in [1.165, 1.54) is 19.2 Å². The third-order valence-electron chi connectivity index (χ3n) is 5.72. The molecule has 0 aliphatic carbocycles. The zero-order valence-electron chi connectivity index (χ0n) is 21.0. The summed E-state index contributed by atoms with van der Waals surface area (Å²) in [6, 6.07) is 15.1. The molecule has 3 atom stereocenters. The molecule has 0 spiro atoms. The van der Waals surface area contributed by atoms with Crippen molar-refractivity contribution >= 4 is 5.69 Å². The Hall–Kier alpha value is -3.92. The number of halogens is 3. The van der Waals surface area contributed by atoms with E-state index >= 15 is 0 Å². The summed E-state index contributed by atoms with van der Waals surface area (Å²) in [6.45, 7) is 0.341. The van der Waals surface area contributed by atoms with Crippen LogP contribution in [0.4, 0.5) is 18.9 Å². The highest BCUT2D eigenvalue weighted by Gasteiger charge is 2.26. The first-order valence-electron chi connectivity index (χ1n) is 11.8. The lowest BCUT2D eigenvalue weighted by molar-refractivity contribution is -0.0245. The highest BCUT2D eigenvalue weighted by molar-refractivity contribution is 5.42. The maximum absolute atomic E-state index is 13.6. The molecule has 0 fully saturated rings. The van der Waals surface area contributed by atoms with Crippen molar-refractivity contribution in [3.05, 3.63) is 100 Å². The van der Waals surface area contributed by atoms with Crippen LogP contribution in [0.25, 0.3) is 10.4 Å². The molecule has 0 aliphatic rings. The molecule has 0 aliphatic heterocycles. The Balaban J connectivity index is 1.74. The van der Waals surface area contributed by atoms with Gasteiger partial charge in [0.1, 0.15) is 29.0 Å². The summed E-state index contributed by atoms with van der Waals surface area (Å²) in [5, 5.41) is 7.02. The standard InChI is InChI=1S/C27H29F3N4O4/c1-35-23-9-3-18(4-10-23)16-38-27(14-25(36-2)15-32-22-7-5-19(28)6-8-22)26(33-34-31)17-37-24-12-20(29)11-21(30)13-24/h3-13,25-27,32H,14-17H2,1-2H3/t25-,26+,27+/m1/s1. The second-order valence-electron chi connectivity index (χ2n) is 8.37. The van der Waals surface area contributed by atoms with Crippen molar-refractivity contribution in [1.82, 2.24) is 0 Å². The maximum atomic E-state index is 13.6. The number of rotatable bonds is 15. The average Bonchev–Trinajstić information content (AvgIpc) is 2.91. The summed E-state index contributed by atoms with van der Waals surface area (Å²) in [5.74, 6) is -1.28. The van der Waals surface area contributed by atoms with Crippen molar-refractivity contribution in [2.24, 2.45) is 5.11 Å². The van der Waals surface area contributed by atoms with Gasteiger partial charge in [-0.2, -0.15) is 0 Å². The molecule has 8 nitrogen and oxygen atoms in total. The number of azide groups is 1. The first-order valence-corrected chi connectivity index (χ1v) is 11.8. The summed E-state index contributed by atoms with van der Waals surface area (Å²) in [6.07, 6.45) is -0.805. The lowest BCUT2D eigenvalue weighted by Gasteiger charge is -2.28. The van der Waals surface area contributed by atoms with Crippen LogP contribution in [0.2, 0.25) is 0 Å². The molecule has 202 valence electrons. The van der Waals surface area contributed by atoms with Gasteiger partial charge in [-0.3, -0.25) is 0 Å². The molecule has 0 bridgehead atoms. The molecular formula is C27H29F3N4O4. The fraction of sp³-hybridized carbons (Fsp3) is 0.333. The number of nitrogens with zero attached hydrogens (tertiary/aromatic N) is 3. The van der Waals surface area contributed by atoms with Gasteiger partial charge in [0.15, 0.2) is 0 Å². The monoisotopic (exact) mass is 530 g/mol. The Kier molecular flexibility index (Phi) is 11.1. The van der Waals surface area contributed by atoms with Crippen LogP contribution in [-0.4, -0.2) is 45.6 Å². The van der Waals surface area contributed by atoms with Crippen molar-refractivity contribution in [3.8, 4) is 11.5 Å². The third-order valence-corrected chi connectivity index (χ3v) is 5.72. The van der Waals surface area contributed by atoms with E-state index in [4.69, 9.17) is 18.9 Å². The number of hydrogen-bond donors (Lipinski definition) is 1. The van der Waals surface area contributed by atoms with Gasteiger partial charge in [0.2, 0.25) is 0 Å². The first-order chi connectivity index (χ1) is 18.4. The molecule has 0 aromatic heterocycles. The van der Waals surface area contributed by atoms with Crippen LogP contribution in [0.3, 0.4) is 0 Å². The summed E-state index contributed by atoms with van der Waals surface area (Å²) < 4.78 is 63.0. The molecule has 11 heteroatoms. The number of ether oxygens (including phenoxy) is 4. The average molecular weight is 531 g/mol. The van der Waals surface area contributed by atoms with Gasteiger partial charge < -0.3 is 24.3 Å². The normalized spacial score (nSPS) is 13.2. The van der Waals surface area contributed by atoms with Crippen molar-refractivity contribution < 1.29 is 32.1 Å². The van der Waals surface area contributed by atoms with Gasteiger partial charge in [-0.05, 0) is 47.5 Å². The topological polar surface area (TPSA) is 97.7 Å². The number of methoxy groups -OCH3 is 2. The van der Waals surface area contributed by atoms with Crippen molar-refractivity contribution in [1.29, 1.82) is 0 Å². The lowest BCUT2D eigenvalue weighted by atomic mass is 10.0. The number of hydrogen-bond acceptors (Lipinski definition) is 6. The van der Waals surface area contributed by atoms with E-state index in [1.807, 2.05) is 12.1 Å². The smallest absolute Gasteiger partial charge is 0.129 e. The van der Waals surface area contributed by atoms with Crippen molar-refractivity contribution in [2.75, 3.05) is 32.7 Å². The highest BCUT2D eigenvalue weighted by Crippen LogP contribution is 2.21. The van der Waals surface area contributed by atoms with E-state index in [1.54, 1.807) is 31.4 Å². The van der Waals surface area contributed by atoms with E-state index in [-0.39, 0.29) is 31.2 Å². The zero-order chi connectivity index (χ0) is 27.3. The van der Waals surface area contributed by atoms with Gasteiger partial charge in [-0.25, -0.2) is 13.2 Å². The third kappa shape index (κ3) is 9.19. The molecule has 3 aromatic rings. The van der Waals surface area contributed by atoms with E-state index in [9.17, 15) is 18.7 Å². The predicted octanol–water partition coefficient (Wildman–Crippen LogP) is 6.27. The van der Waals surface area contributed by atoms with E-state index in [0.29, 0.717) is 18.0 Å². The minimum absolute atomic E-state index is 0.0455. The number of nitrogens with one attached hydrogen (secondary N) is 1. The van der Waals surface area contributed by atoms with Crippen LogP contribution in [0.1, 0.15) is 12.0 Å². The van der Waals surface area contributed by atoms with E-state index in [0.717, 1.165) is 23.8 Å². The number of benzene rings is 3. The number of anilines is 1. The maximum Gasteiger partial charge on any atom is 0.129 e. The van der Waals surface area contributed by atoms with Gasteiger partial charge in [0, 0.05) is 48.9 Å². The van der Waals surface area contributed by atoms with Gasteiger partial charge >= 0.3 is 0 Å². The van der Waals surface area contributed by atoms with Crippen LogP contribution in [0.15, 0.2) is 71.8 Å². The molecule has 1 N–H and O–H groups in total. The molecule has 0 heterocycles. The second kappa shape index (κ2) is 14.7. The first kappa shape index (κ1) is 28.6. The van der Waals surface area contributed by atoms with Crippen molar-refractivity contribution in [2.45, 2.75) is 31.3 Å². The van der Waals surface area contributed by atoms with Crippen LogP contribution in [0.5, 0.6) is 11.5 Å². The van der Waals surface area contributed by atoms with Crippen LogP contribution >= 0.6 is 0 Å². The summed E-state index contributed by atoms with van der Waals surface area (Å²) in [7, 11) is 3.10. The largest absolute Gasteiger partial charge is 0.497 e. The Labute approximate surface area is 218 Å². The van der Waals surface area contributed by atoms with Crippen LogP contribution < -0.4 is 14.8 Å². The predicted molar refractivity (Wildman–Crippen MR) is 137 cm³/mol. The van der Waals surface area contributed by atoms with E-state index in [2.05, 4.69) is 15.3 Å². The Bertz CT molecular complexity index is 1170. The molecule has 3 rings (SSSR count). The highest BCUT2D eigenvalue weighted by atomic mass is 19.1. The fourth-order valence-corrected chi connectivity index (χ4v) is 3.66. The molecule has 38 heavy (non-hydrogen) atoms. The fourth-order valence-electron chi connectivity index (χ4n) is 3.66. The molecule has 0 saturated heterocycles. The molecule has 3 aromatic carbocycles. The van der Waals surface area contributed by atoms with Crippen molar-refractivity contribution in [3.63, 3.8) is 0 Å². The quantitative estimate of drug-likeness (QED) is 0.142. The molecule has 0 saturated carbocycles. The molecular weight excluding hydrogens is 501 g/mol. The van der Waals surface area contributed by atoms with Crippen LogP contribution in [0, 0.1) is 17.5 Å². The van der Waals surface area contributed by atoms with Gasteiger partial charge in [-0.1, -0.05) is 17.2 Å². The SMILES string of the molecule is COc1ccc(CO[C@@H](C[C@H](CNc2ccc(F)cc2)OC)[C@H](COc2cc(F)cc(F)c2)N=[N+]=[N-])cc1. The minimum Gasteiger partial charge on any atom is -0.497 e. The molecule has 0 unspecified atom stereocenters. The Morgan fingerprint density at radius 3 is 2.18 bits per heavy atom. The summed E-state index contributed by atoms with van der Waals surface area (Å²) in [5.41, 5.74) is 10.8. The Morgan fingerprint density at radius 2 is 1.58 bits per heavy atom. The van der Waals surface area contributed by atoms with Crippen LogP contribution in [-0.2, 0) is 16.1 Å². The summed E-state index contributed by atoms with van der Waals surface area (Å²) >= 11 is 0. The van der Waals surface area contributed by atoms with Gasteiger partial charge in [-0.15, -0.1) is 0 Å². The van der Waals surface area contributed by atoms with E-state index < -0.39 is 29.9 Å². The summed E-state index contributed by atoms with van der Waals surface area (Å²) in [4.78, 5) is 2.93. The zero-order valence-corrected chi connectivity index (χ0v) is 21.0. The van der Waals surface area contributed by atoms with Gasteiger partial charge in [0.05, 0.1) is 38.6 Å². The Morgan fingerprint density at radius 1 is 0.895 bits per heavy atom.